The van der Waals surface area contributed by atoms with E-state index in [-0.39, 0.29) is 0 Å². The second-order valence-corrected chi connectivity index (χ2v) is 6.04. The van der Waals surface area contributed by atoms with E-state index in [9.17, 15) is 4.79 Å². The Balaban J connectivity index is 1.57. The summed E-state index contributed by atoms with van der Waals surface area (Å²) in [7, 11) is 0. The van der Waals surface area contributed by atoms with Gasteiger partial charge in [-0.05, 0) is 39.0 Å². The van der Waals surface area contributed by atoms with Gasteiger partial charge in [-0.25, -0.2) is 0 Å². The van der Waals surface area contributed by atoms with Crippen molar-refractivity contribution in [3.63, 3.8) is 0 Å². The smallest absolute Gasteiger partial charge is 0.223 e. The van der Waals surface area contributed by atoms with E-state index >= 15 is 0 Å². The van der Waals surface area contributed by atoms with E-state index in [0.717, 1.165) is 25.4 Å². The van der Waals surface area contributed by atoms with Gasteiger partial charge in [-0.3, -0.25) is 9.69 Å². The molecule has 3 nitrogen and oxygen atoms in total. The van der Waals surface area contributed by atoms with Gasteiger partial charge >= 0.3 is 0 Å². The molecule has 2 bridgehead atoms. The van der Waals surface area contributed by atoms with Crippen molar-refractivity contribution in [1.29, 1.82) is 0 Å². The molecule has 0 radical (unpaired) electrons. The molecule has 3 saturated heterocycles. The van der Waals surface area contributed by atoms with E-state index in [4.69, 9.17) is 0 Å². The van der Waals surface area contributed by atoms with Crippen molar-refractivity contribution in [3.8, 4) is 0 Å². The molecule has 2 atom stereocenters. The van der Waals surface area contributed by atoms with Crippen LogP contribution in [0.25, 0.3) is 0 Å². The van der Waals surface area contributed by atoms with Crippen LogP contribution in [0.2, 0.25) is 0 Å². The zero-order valence-electron chi connectivity index (χ0n) is 10.4. The first-order valence-corrected chi connectivity index (χ1v) is 6.70. The SMILES string of the molecule is CC(C)N1CC2CC(C1)N2C(=O)CC1CC1. The van der Waals surface area contributed by atoms with Crippen molar-refractivity contribution < 1.29 is 4.79 Å². The molecule has 4 rings (SSSR count). The molecule has 3 aliphatic heterocycles. The minimum Gasteiger partial charge on any atom is -0.334 e. The summed E-state index contributed by atoms with van der Waals surface area (Å²) in [6.07, 6.45) is 4.65. The van der Waals surface area contributed by atoms with Crippen LogP contribution in [-0.4, -0.2) is 46.9 Å². The molecule has 0 spiro atoms. The number of hydrogen-bond donors (Lipinski definition) is 0. The molecule has 0 aromatic rings. The third kappa shape index (κ3) is 1.75. The van der Waals surface area contributed by atoms with E-state index in [1.807, 2.05) is 0 Å². The highest BCUT2D eigenvalue weighted by Gasteiger charge is 2.47. The normalized spacial score (nSPS) is 34.1. The molecule has 16 heavy (non-hydrogen) atoms. The highest BCUT2D eigenvalue weighted by atomic mass is 16.2. The highest BCUT2D eigenvalue weighted by Crippen LogP contribution is 2.38. The average Bonchev–Trinajstić information content (AvgIpc) is 3.01. The molecule has 0 aromatic heterocycles. The topological polar surface area (TPSA) is 23.6 Å². The second-order valence-electron chi connectivity index (χ2n) is 6.04. The summed E-state index contributed by atoms with van der Waals surface area (Å²) in [6, 6.07) is 1.70. The molecule has 1 amide bonds. The summed E-state index contributed by atoms with van der Waals surface area (Å²) >= 11 is 0. The van der Waals surface area contributed by atoms with Gasteiger partial charge in [0, 0.05) is 37.6 Å². The summed E-state index contributed by atoms with van der Waals surface area (Å²) in [5, 5.41) is 0. The standard InChI is InChI=1S/C13H22N2O/c1-9(2)14-7-11-6-12(8-14)15(11)13(16)5-10-3-4-10/h9-12H,3-8H2,1-2H3. The molecular weight excluding hydrogens is 200 g/mol. The average molecular weight is 222 g/mol. The summed E-state index contributed by atoms with van der Waals surface area (Å²) in [5.74, 6) is 1.17. The Labute approximate surface area is 97.8 Å². The maximum Gasteiger partial charge on any atom is 0.223 e. The Morgan fingerprint density at radius 1 is 1.25 bits per heavy atom. The van der Waals surface area contributed by atoms with E-state index in [2.05, 4.69) is 23.6 Å². The lowest BCUT2D eigenvalue weighted by Gasteiger charge is -2.57. The van der Waals surface area contributed by atoms with Crippen LogP contribution in [0.15, 0.2) is 0 Å². The maximum atomic E-state index is 12.1. The van der Waals surface area contributed by atoms with Crippen molar-refractivity contribution in [2.75, 3.05) is 13.1 Å². The van der Waals surface area contributed by atoms with Crippen LogP contribution in [0.1, 0.15) is 39.5 Å². The molecule has 1 saturated carbocycles. The van der Waals surface area contributed by atoms with Gasteiger partial charge in [-0.2, -0.15) is 0 Å². The van der Waals surface area contributed by atoms with Crippen LogP contribution in [0.3, 0.4) is 0 Å². The Kier molecular flexibility index (Phi) is 2.46. The second kappa shape index (κ2) is 3.73. The molecule has 3 heteroatoms. The Morgan fingerprint density at radius 2 is 1.88 bits per heavy atom. The number of carbonyl (C=O) groups excluding carboxylic acids is 1. The fourth-order valence-electron chi connectivity index (χ4n) is 3.15. The van der Waals surface area contributed by atoms with Crippen LogP contribution < -0.4 is 0 Å². The number of hydrogen-bond acceptors (Lipinski definition) is 2. The predicted octanol–water partition coefficient (Wildman–Crippen LogP) is 1.48. The zero-order chi connectivity index (χ0) is 11.3. The van der Waals surface area contributed by atoms with Crippen LogP contribution in [0.4, 0.5) is 0 Å². The number of piperidine rings is 1. The summed E-state index contributed by atoms with van der Waals surface area (Å²) in [4.78, 5) is 16.8. The monoisotopic (exact) mass is 222 g/mol. The molecule has 4 fully saturated rings. The number of carbonyl (C=O) groups is 1. The highest BCUT2D eigenvalue weighted by molar-refractivity contribution is 5.78. The number of fused-ring (bicyclic) bond motifs is 2. The van der Waals surface area contributed by atoms with E-state index in [1.54, 1.807) is 0 Å². The minimum atomic E-state index is 0.437. The molecule has 90 valence electrons. The van der Waals surface area contributed by atoms with Gasteiger partial charge in [0.2, 0.25) is 5.91 Å². The van der Waals surface area contributed by atoms with Crippen molar-refractivity contribution in [1.82, 2.24) is 9.80 Å². The van der Waals surface area contributed by atoms with Crippen LogP contribution in [0.5, 0.6) is 0 Å². The molecule has 3 heterocycles. The molecule has 4 aliphatic rings. The summed E-state index contributed by atoms with van der Waals surface area (Å²) in [5.41, 5.74) is 0. The quantitative estimate of drug-likeness (QED) is 0.722. The van der Waals surface area contributed by atoms with Gasteiger partial charge in [0.25, 0.3) is 0 Å². The molecule has 0 N–H and O–H groups in total. The summed E-state index contributed by atoms with van der Waals surface area (Å²) < 4.78 is 0. The molecule has 2 unspecified atom stereocenters. The van der Waals surface area contributed by atoms with Gasteiger partial charge in [0.1, 0.15) is 0 Å². The first-order chi connectivity index (χ1) is 7.65. The summed E-state index contributed by atoms with van der Waals surface area (Å²) in [6.45, 7) is 6.71. The molecule has 0 aromatic carbocycles. The first kappa shape index (κ1) is 10.6. The maximum absolute atomic E-state index is 12.1. The molecule has 1 aliphatic carbocycles. The van der Waals surface area contributed by atoms with E-state index in [0.29, 0.717) is 24.0 Å². The third-order valence-corrected chi connectivity index (χ3v) is 4.40. The lowest BCUT2D eigenvalue weighted by Crippen LogP contribution is -2.70. The van der Waals surface area contributed by atoms with Gasteiger partial charge in [-0.15, -0.1) is 0 Å². The first-order valence-electron chi connectivity index (χ1n) is 6.70. The van der Waals surface area contributed by atoms with Gasteiger partial charge in [0.15, 0.2) is 0 Å². The number of rotatable bonds is 3. The minimum absolute atomic E-state index is 0.437. The van der Waals surface area contributed by atoms with Gasteiger partial charge in [-0.1, -0.05) is 0 Å². The number of piperazine rings is 1. The van der Waals surface area contributed by atoms with Gasteiger partial charge < -0.3 is 4.90 Å². The lowest BCUT2D eigenvalue weighted by atomic mass is 9.86. The van der Waals surface area contributed by atoms with Crippen molar-refractivity contribution >= 4 is 5.91 Å². The van der Waals surface area contributed by atoms with Gasteiger partial charge in [0.05, 0.1) is 0 Å². The Hall–Kier alpha value is -0.570. The van der Waals surface area contributed by atoms with Crippen LogP contribution >= 0.6 is 0 Å². The predicted molar refractivity (Wildman–Crippen MR) is 63.1 cm³/mol. The molecular formula is C13H22N2O. The fraction of sp³-hybridized carbons (Fsp3) is 0.923. The van der Waals surface area contributed by atoms with Crippen LogP contribution in [0, 0.1) is 5.92 Å². The zero-order valence-corrected chi connectivity index (χ0v) is 10.4. The van der Waals surface area contributed by atoms with E-state index in [1.165, 1.54) is 19.3 Å². The number of amides is 1. The Morgan fingerprint density at radius 3 is 2.38 bits per heavy atom. The van der Waals surface area contributed by atoms with E-state index < -0.39 is 0 Å². The largest absolute Gasteiger partial charge is 0.334 e. The lowest BCUT2D eigenvalue weighted by molar-refractivity contribution is -0.155. The van der Waals surface area contributed by atoms with Crippen molar-refractivity contribution in [3.05, 3.63) is 0 Å². The Bertz CT molecular complexity index is 286. The third-order valence-electron chi connectivity index (χ3n) is 4.40. The van der Waals surface area contributed by atoms with Crippen molar-refractivity contribution in [2.45, 2.75) is 57.7 Å². The number of nitrogens with zero attached hydrogens (tertiary/aromatic N) is 2. The fourth-order valence-corrected chi connectivity index (χ4v) is 3.15. The van der Waals surface area contributed by atoms with Crippen molar-refractivity contribution in [2.24, 2.45) is 5.92 Å². The van der Waals surface area contributed by atoms with Crippen LogP contribution in [-0.2, 0) is 4.79 Å².